The van der Waals surface area contributed by atoms with Crippen molar-refractivity contribution >= 4 is 27.4 Å². The zero-order valence-electron chi connectivity index (χ0n) is 17.9. The van der Waals surface area contributed by atoms with Gasteiger partial charge in [-0.15, -0.1) is 0 Å². The monoisotopic (exact) mass is 464 g/mol. The zero-order chi connectivity index (χ0) is 23.1. The molecule has 0 aliphatic heterocycles. The molecule has 3 aromatic rings. The molecule has 0 bridgehead atoms. The number of pyridine rings is 1. The molecule has 2 fully saturated rings. The van der Waals surface area contributed by atoms with Gasteiger partial charge in [0.15, 0.2) is 10.9 Å². The lowest BCUT2D eigenvalue weighted by molar-refractivity contribution is 0.251. The molecule has 0 atom stereocenters. The van der Waals surface area contributed by atoms with Gasteiger partial charge in [-0.2, -0.15) is 0 Å². The molecule has 5 rings (SSSR count). The summed E-state index contributed by atoms with van der Waals surface area (Å²) in [5.41, 5.74) is 7.76. The Kier molecular flexibility index (Phi) is 5.24. The molecule has 2 saturated carbocycles. The highest BCUT2D eigenvalue weighted by Gasteiger charge is 2.53. The number of nitrogen functional groups attached to an aromatic ring is 1. The molecule has 2 heterocycles. The Bertz CT molecular complexity index is 1290. The number of carbonyl (C=O) groups is 1. The second-order valence-electron chi connectivity index (χ2n) is 8.47. The van der Waals surface area contributed by atoms with Crippen molar-refractivity contribution in [1.82, 2.24) is 20.3 Å². The first-order valence-electron chi connectivity index (χ1n) is 10.9. The van der Waals surface area contributed by atoms with Gasteiger partial charge in [0.1, 0.15) is 10.6 Å². The van der Waals surface area contributed by atoms with Crippen LogP contribution in [0.5, 0.6) is 0 Å². The Morgan fingerprint density at radius 3 is 2.42 bits per heavy atom. The maximum atomic E-state index is 13.5. The van der Waals surface area contributed by atoms with Crippen LogP contribution < -0.4 is 16.4 Å². The summed E-state index contributed by atoms with van der Waals surface area (Å²) in [5.74, 6) is 0.532. The van der Waals surface area contributed by atoms with Crippen molar-refractivity contribution in [3.05, 3.63) is 60.4 Å². The van der Waals surface area contributed by atoms with Crippen LogP contribution in [0.2, 0.25) is 0 Å². The highest BCUT2D eigenvalue weighted by atomic mass is 32.2. The van der Waals surface area contributed by atoms with Crippen LogP contribution >= 0.6 is 0 Å². The van der Waals surface area contributed by atoms with Crippen molar-refractivity contribution in [3.8, 4) is 11.4 Å². The highest BCUT2D eigenvalue weighted by molar-refractivity contribution is 7.92. The molecule has 2 aromatic heterocycles. The third kappa shape index (κ3) is 4.02. The maximum absolute atomic E-state index is 13.5. The average molecular weight is 465 g/mol. The normalized spacial score (nSPS) is 17.1. The fourth-order valence-corrected chi connectivity index (χ4v) is 6.04. The van der Waals surface area contributed by atoms with Gasteiger partial charge in [-0.1, -0.05) is 6.07 Å². The average Bonchev–Trinajstić information content (AvgIpc) is 3.57. The minimum atomic E-state index is -3.77. The number of sulfone groups is 1. The van der Waals surface area contributed by atoms with Crippen LogP contribution in [0.4, 0.5) is 16.3 Å². The number of hydrogen-bond acceptors (Lipinski definition) is 7. The van der Waals surface area contributed by atoms with E-state index >= 15 is 0 Å². The number of rotatable bonds is 6. The first-order valence-corrected chi connectivity index (χ1v) is 12.3. The van der Waals surface area contributed by atoms with Gasteiger partial charge in [0, 0.05) is 29.6 Å². The molecule has 170 valence electrons. The Labute approximate surface area is 191 Å². The van der Waals surface area contributed by atoms with E-state index in [1.54, 1.807) is 42.5 Å². The SMILES string of the molecule is Nc1cc(C2(S(=O)(=O)c3ccccn3)CCC2)nc(-c2ccc(NC(=O)NC3CC3)cc2)n1. The Morgan fingerprint density at radius 1 is 1.06 bits per heavy atom. The molecule has 4 N–H and O–H groups in total. The van der Waals surface area contributed by atoms with E-state index in [-0.39, 0.29) is 22.9 Å². The molecule has 2 aliphatic carbocycles. The van der Waals surface area contributed by atoms with Crippen molar-refractivity contribution in [2.45, 2.75) is 47.9 Å². The molecular weight excluding hydrogens is 440 g/mol. The Hall–Kier alpha value is -3.53. The number of amides is 2. The molecule has 0 radical (unpaired) electrons. The lowest BCUT2D eigenvalue weighted by Gasteiger charge is -2.40. The topological polar surface area (TPSA) is 140 Å². The number of nitrogens with zero attached hydrogens (tertiary/aromatic N) is 3. The van der Waals surface area contributed by atoms with Gasteiger partial charge in [0.05, 0.1) is 5.69 Å². The lowest BCUT2D eigenvalue weighted by Crippen LogP contribution is -2.43. The molecule has 0 saturated heterocycles. The molecule has 9 nitrogen and oxygen atoms in total. The number of nitrogens with one attached hydrogen (secondary N) is 2. The third-order valence-electron chi connectivity index (χ3n) is 6.12. The van der Waals surface area contributed by atoms with Crippen LogP contribution in [0.15, 0.2) is 59.8 Å². The Morgan fingerprint density at radius 2 is 1.82 bits per heavy atom. The Balaban J connectivity index is 1.45. The summed E-state index contributed by atoms with van der Waals surface area (Å²) in [5, 5.41) is 5.69. The van der Waals surface area contributed by atoms with Crippen molar-refractivity contribution in [1.29, 1.82) is 0 Å². The fraction of sp³-hybridized carbons (Fsp3) is 0.304. The first kappa shape index (κ1) is 21.3. The van der Waals surface area contributed by atoms with Crippen LogP contribution in [0.25, 0.3) is 11.4 Å². The van der Waals surface area contributed by atoms with E-state index in [0.29, 0.717) is 35.6 Å². The van der Waals surface area contributed by atoms with Crippen LogP contribution in [0, 0.1) is 0 Å². The second-order valence-corrected chi connectivity index (χ2v) is 10.7. The molecule has 2 aliphatic rings. The number of urea groups is 1. The van der Waals surface area contributed by atoms with Gasteiger partial charge in [0.2, 0.25) is 9.84 Å². The molecule has 0 spiro atoms. The summed E-state index contributed by atoms with van der Waals surface area (Å²) < 4.78 is 25.9. The van der Waals surface area contributed by atoms with Crippen LogP contribution in [-0.2, 0) is 14.6 Å². The summed E-state index contributed by atoms with van der Waals surface area (Å²) in [7, 11) is -3.77. The smallest absolute Gasteiger partial charge is 0.319 e. The number of aromatic nitrogens is 3. The van der Waals surface area contributed by atoms with E-state index in [1.807, 2.05) is 0 Å². The van der Waals surface area contributed by atoms with Crippen LogP contribution in [0.1, 0.15) is 37.8 Å². The van der Waals surface area contributed by atoms with E-state index in [9.17, 15) is 13.2 Å². The van der Waals surface area contributed by atoms with Crippen molar-refractivity contribution in [2.75, 3.05) is 11.1 Å². The van der Waals surface area contributed by atoms with E-state index in [0.717, 1.165) is 19.3 Å². The summed E-state index contributed by atoms with van der Waals surface area (Å²) in [4.78, 5) is 25.0. The first-order chi connectivity index (χ1) is 15.9. The van der Waals surface area contributed by atoms with E-state index < -0.39 is 14.6 Å². The van der Waals surface area contributed by atoms with Gasteiger partial charge in [-0.25, -0.2) is 28.2 Å². The summed E-state index contributed by atoms with van der Waals surface area (Å²) >= 11 is 0. The minimum absolute atomic E-state index is 0.0309. The van der Waals surface area contributed by atoms with Gasteiger partial charge >= 0.3 is 6.03 Å². The number of carbonyl (C=O) groups excluding carboxylic acids is 1. The molecule has 2 amide bonds. The summed E-state index contributed by atoms with van der Waals surface area (Å²) in [6, 6.07) is 13.5. The molecule has 0 unspecified atom stereocenters. The molecule has 33 heavy (non-hydrogen) atoms. The predicted octanol–water partition coefficient (Wildman–Crippen LogP) is 3.26. The minimum Gasteiger partial charge on any atom is -0.384 e. The number of anilines is 2. The lowest BCUT2D eigenvalue weighted by atomic mass is 9.81. The van der Waals surface area contributed by atoms with Gasteiger partial charge < -0.3 is 16.4 Å². The van der Waals surface area contributed by atoms with E-state index in [1.165, 1.54) is 12.3 Å². The largest absolute Gasteiger partial charge is 0.384 e. The van der Waals surface area contributed by atoms with Gasteiger partial charge in [-0.05, 0) is 68.5 Å². The standard InChI is InChI=1S/C23H24N6O3S/c24-19-14-18(23(11-3-12-23)33(31,32)20-4-1-2-13-25-20)28-21(29-19)15-5-7-16(8-6-15)26-22(30)27-17-9-10-17/h1-2,4-8,13-14,17H,3,9-12H2,(H2,24,28,29)(H2,26,27,30). The summed E-state index contributed by atoms with van der Waals surface area (Å²) in [6.07, 6.45) is 5.16. The van der Waals surface area contributed by atoms with Crippen LogP contribution in [0.3, 0.4) is 0 Å². The highest BCUT2D eigenvalue weighted by Crippen LogP contribution is 2.50. The van der Waals surface area contributed by atoms with Gasteiger partial charge in [0.25, 0.3) is 0 Å². The predicted molar refractivity (Wildman–Crippen MR) is 124 cm³/mol. The maximum Gasteiger partial charge on any atom is 0.319 e. The van der Waals surface area contributed by atoms with Crippen molar-refractivity contribution in [3.63, 3.8) is 0 Å². The zero-order valence-corrected chi connectivity index (χ0v) is 18.7. The van der Waals surface area contributed by atoms with Gasteiger partial charge in [-0.3, -0.25) is 0 Å². The second kappa shape index (κ2) is 8.11. The van der Waals surface area contributed by atoms with Crippen LogP contribution in [-0.4, -0.2) is 35.4 Å². The molecule has 1 aromatic carbocycles. The number of hydrogen-bond donors (Lipinski definition) is 3. The fourth-order valence-electron chi connectivity index (χ4n) is 3.98. The van der Waals surface area contributed by atoms with E-state index in [4.69, 9.17) is 5.73 Å². The molecular formula is C23H24N6O3S. The summed E-state index contributed by atoms with van der Waals surface area (Å²) in [6.45, 7) is 0. The molecule has 10 heteroatoms. The number of benzene rings is 1. The quantitative estimate of drug-likeness (QED) is 0.508. The van der Waals surface area contributed by atoms with Crippen molar-refractivity contribution < 1.29 is 13.2 Å². The van der Waals surface area contributed by atoms with Crippen molar-refractivity contribution in [2.24, 2.45) is 0 Å². The number of nitrogens with two attached hydrogens (primary N) is 1. The third-order valence-corrected chi connectivity index (χ3v) is 8.55. The van der Waals surface area contributed by atoms with E-state index in [2.05, 4.69) is 25.6 Å².